The van der Waals surface area contributed by atoms with Crippen LogP contribution in [0.2, 0.25) is 0 Å². The summed E-state index contributed by atoms with van der Waals surface area (Å²) in [6.07, 6.45) is 2.75. The fourth-order valence-corrected chi connectivity index (χ4v) is 3.86. The van der Waals surface area contributed by atoms with Gasteiger partial charge in [-0.25, -0.2) is 4.79 Å². The lowest BCUT2D eigenvalue weighted by molar-refractivity contribution is 0.0735. The molecule has 0 radical (unpaired) electrons. The summed E-state index contributed by atoms with van der Waals surface area (Å²) in [6, 6.07) is 12.7. The number of ether oxygens (including phenoxy) is 2. The molecule has 2 heterocycles. The van der Waals surface area contributed by atoms with Gasteiger partial charge in [0.15, 0.2) is 11.5 Å². The van der Waals surface area contributed by atoms with Gasteiger partial charge >= 0.3 is 6.03 Å². The lowest BCUT2D eigenvalue weighted by Crippen LogP contribution is -2.30. The topological polar surface area (TPSA) is 93.9 Å². The number of likely N-dealkylation sites (tertiary alicyclic amines) is 1. The number of nitrogens with zero attached hydrogens (tertiary/aromatic N) is 1. The minimum Gasteiger partial charge on any atom is -0.490 e. The van der Waals surface area contributed by atoms with Gasteiger partial charge in [-0.3, -0.25) is 4.79 Å². The maximum atomic E-state index is 13.1. The van der Waals surface area contributed by atoms with Crippen LogP contribution in [0.5, 0.6) is 11.5 Å². The van der Waals surface area contributed by atoms with Crippen molar-refractivity contribution in [1.29, 1.82) is 0 Å². The Kier molecular flexibility index (Phi) is 5.55. The summed E-state index contributed by atoms with van der Waals surface area (Å²) in [5.41, 5.74) is 7.69. The molecule has 1 unspecified atom stereocenters. The molecule has 0 saturated carbocycles. The van der Waals surface area contributed by atoms with Crippen molar-refractivity contribution in [2.24, 2.45) is 5.73 Å². The van der Waals surface area contributed by atoms with Crippen molar-refractivity contribution in [1.82, 2.24) is 10.2 Å². The van der Waals surface area contributed by atoms with Gasteiger partial charge < -0.3 is 25.4 Å². The van der Waals surface area contributed by atoms with Crippen LogP contribution in [0.3, 0.4) is 0 Å². The van der Waals surface area contributed by atoms with Gasteiger partial charge in [-0.15, -0.1) is 0 Å². The Morgan fingerprint density at radius 1 is 1.03 bits per heavy atom. The second-order valence-electron chi connectivity index (χ2n) is 7.33. The molecule has 3 amide bonds. The van der Waals surface area contributed by atoms with E-state index in [1.165, 1.54) is 0 Å². The predicted molar refractivity (Wildman–Crippen MR) is 108 cm³/mol. The molecule has 0 aromatic heterocycles. The first-order chi connectivity index (χ1) is 14.1. The van der Waals surface area contributed by atoms with Gasteiger partial charge in [0.25, 0.3) is 5.91 Å². The summed E-state index contributed by atoms with van der Waals surface area (Å²) in [7, 11) is 0. The fraction of sp³-hybridized carbons (Fsp3) is 0.364. The summed E-state index contributed by atoms with van der Waals surface area (Å²) in [4.78, 5) is 25.9. The molecule has 4 rings (SSSR count). The largest absolute Gasteiger partial charge is 0.490 e. The maximum Gasteiger partial charge on any atom is 0.312 e. The van der Waals surface area contributed by atoms with Gasteiger partial charge in [-0.2, -0.15) is 0 Å². The molecule has 1 saturated heterocycles. The van der Waals surface area contributed by atoms with Crippen LogP contribution < -0.4 is 20.5 Å². The van der Waals surface area contributed by atoms with E-state index < -0.39 is 6.03 Å². The predicted octanol–water partition coefficient (Wildman–Crippen LogP) is 2.99. The van der Waals surface area contributed by atoms with Crippen LogP contribution in [-0.2, 0) is 6.54 Å². The fourth-order valence-electron chi connectivity index (χ4n) is 3.86. The molecule has 2 aromatic carbocycles. The molecule has 7 nitrogen and oxygen atoms in total. The normalized spacial score (nSPS) is 18.2. The van der Waals surface area contributed by atoms with E-state index in [4.69, 9.17) is 15.2 Å². The lowest BCUT2D eigenvalue weighted by atomic mass is 10.0. The van der Waals surface area contributed by atoms with Gasteiger partial charge in [0, 0.05) is 25.1 Å². The number of rotatable bonds is 4. The molecule has 1 fully saturated rings. The summed E-state index contributed by atoms with van der Waals surface area (Å²) < 4.78 is 11.5. The average Bonchev–Trinajstić information content (AvgIpc) is 3.10. The van der Waals surface area contributed by atoms with Crippen LogP contribution in [-0.4, -0.2) is 36.6 Å². The first kappa shape index (κ1) is 19.1. The quantitative estimate of drug-likeness (QED) is 0.832. The van der Waals surface area contributed by atoms with Crippen LogP contribution in [0.1, 0.15) is 46.8 Å². The van der Waals surface area contributed by atoms with Crippen molar-refractivity contribution in [2.75, 3.05) is 19.8 Å². The van der Waals surface area contributed by atoms with E-state index in [-0.39, 0.29) is 11.9 Å². The highest BCUT2D eigenvalue weighted by Crippen LogP contribution is 2.38. The van der Waals surface area contributed by atoms with E-state index >= 15 is 0 Å². The van der Waals surface area contributed by atoms with Crippen molar-refractivity contribution in [3.05, 3.63) is 59.2 Å². The first-order valence-corrected chi connectivity index (χ1v) is 9.94. The third-order valence-corrected chi connectivity index (χ3v) is 5.34. The summed E-state index contributed by atoms with van der Waals surface area (Å²) in [6.45, 7) is 2.36. The molecule has 29 heavy (non-hydrogen) atoms. The molecule has 2 aliphatic heterocycles. The minimum atomic E-state index is -0.569. The van der Waals surface area contributed by atoms with E-state index in [1.807, 2.05) is 35.2 Å². The molecular weight excluding hydrogens is 370 g/mol. The summed E-state index contributed by atoms with van der Waals surface area (Å²) in [5.74, 6) is 1.53. The van der Waals surface area contributed by atoms with Crippen molar-refractivity contribution < 1.29 is 19.1 Å². The SMILES string of the molecule is NC(=O)NCc1ccc(C(=O)N2CCCC2c2ccc3c(c2)OCCCO3)cc1. The molecule has 3 N–H and O–H groups in total. The third-order valence-electron chi connectivity index (χ3n) is 5.34. The number of carbonyl (C=O) groups is 2. The Hall–Kier alpha value is -3.22. The van der Waals surface area contributed by atoms with Crippen molar-refractivity contribution in [2.45, 2.75) is 31.8 Å². The lowest BCUT2D eigenvalue weighted by Gasteiger charge is -2.26. The number of carbonyl (C=O) groups excluding carboxylic acids is 2. The van der Waals surface area contributed by atoms with Crippen molar-refractivity contribution in [3.63, 3.8) is 0 Å². The highest BCUT2D eigenvalue weighted by atomic mass is 16.5. The first-order valence-electron chi connectivity index (χ1n) is 9.94. The van der Waals surface area contributed by atoms with Gasteiger partial charge in [0.1, 0.15) is 0 Å². The van der Waals surface area contributed by atoms with Crippen LogP contribution in [0.15, 0.2) is 42.5 Å². The van der Waals surface area contributed by atoms with Crippen LogP contribution >= 0.6 is 0 Å². The molecular formula is C22H25N3O4. The molecule has 0 aliphatic carbocycles. The number of urea groups is 1. The van der Waals surface area contributed by atoms with Gasteiger partial charge in [-0.05, 0) is 48.2 Å². The molecule has 0 spiro atoms. The zero-order valence-electron chi connectivity index (χ0n) is 16.2. The van der Waals surface area contributed by atoms with Crippen LogP contribution in [0.4, 0.5) is 4.79 Å². The summed E-state index contributed by atoms with van der Waals surface area (Å²) >= 11 is 0. The summed E-state index contributed by atoms with van der Waals surface area (Å²) in [5, 5.41) is 2.54. The van der Waals surface area contributed by atoms with Crippen molar-refractivity contribution in [3.8, 4) is 11.5 Å². The van der Waals surface area contributed by atoms with E-state index in [1.54, 1.807) is 12.1 Å². The molecule has 2 aliphatic rings. The number of nitrogens with one attached hydrogen (secondary N) is 1. The van der Waals surface area contributed by atoms with Gasteiger partial charge in [0.2, 0.25) is 0 Å². The Labute approximate surface area is 169 Å². The molecule has 2 aromatic rings. The molecule has 152 valence electrons. The second-order valence-corrected chi connectivity index (χ2v) is 7.33. The standard InChI is InChI=1S/C22H25N3O4/c23-22(27)24-14-15-4-6-16(7-5-15)21(26)25-10-1-3-18(25)17-8-9-19-20(13-17)29-12-2-11-28-19/h4-9,13,18H,1-3,10-12,14H2,(H3,23,24,27). The second kappa shape index (κ2) is 8.43. The number of hydrogen-bond donors (Lipinski definition) is 2. The highest BCUT2D eigenvalue weighted by molar-refractivity contribution is 5.94. The van der Waals surface area contributed by atoms with E-state index in [0.717, 1.165) is 48.4 Å². The Morgan fingerprint density at radius 3 is 2.55 bits per heavy atom. The number of nitrogens with two attached hydrogens (primary N) is 1. The number of primary amides is 1. The number of hydrogen-bond acceptors (Lipinski definition) is 4. The van der Waals surface area contributed by atoms with Gasteiger partial charge in [-0.1, -0.05) is 18.2 Å². The highest BCUT2D eigenvalue weighted by Gasteiger charge is 2.31. The maximum absolute atomic E-state index is 13.1. The average molecular weight is 395 g/mol. The molecule has 0 bridgehead atoms. The number of amides is 3. The van der Waals surface area contributed by atoms with Crippen LogP contribution in [0.25, 0.3) is 0 Å². The molecule has 7 heteroatoms. The Bertz CT molecular complexity index is 897. The van der Waals surface area contributed by atoms with E-state index in [0.29, 0.717) is 25.3 Å². The van der Waals surface area contributed by atoms with Gasteiger partial charge in [0.05, 0.1) is 19.3 Å². The van der Waals surface area contributed by atoms with Crippen molar-refractivity contribution >= 4 is 11.9 Å². The monoisotopic (exact) mass is 395 g/mol. The zero-order chi connectivity index (χ0) is 20.2. The number of benzene rings is 2. The minimum absolute atomic E-state index is 0.00835. The van der Waals surface area contributed by atoms with E-state index in [2.05, 4.69) is 5.32 Å². The Morgan fingerprint density at radius 2 is 1.79 bits per heavy atom. The smallest absolute Gasteiger partial charge is 0.312 e. The van der Waals surface area contributed by atoms with E-state index in [9.17, 15) is 9.59 Å². The number of fused-ring (bicyclic) bond motifs is 1. The zero-order valence-corrected chi connectivity index (χ0v) is 16.2. The molecule has 1 atom stereocenters. The Balaban J connectivity index is 1.50. The van der Waals surface area contributed by atoms with Crippen LogP contribution in [0, 0.1) is 0 Å². The third kappa shape index (κ3) is 4.29.